The smallest absolute Gasteiger partial charge is 0.305 e. The second-order valence-corrected chi connectivity index (χ2v) is 2.76. The summed E-state index contributed by atoms with van der Waals surface area (Å²) in [7, 11) is 1.54. The number of carboxylic acid groups (broad SMARTS) is 1. The van der Waals surface area contributed by atoms with Crippen LogP contribution in [0.25, 0.3) is 0 Å². The highest BCUT2D eigenvalue weighted by atomic mass is 16.5. The Morgan fingerprint density at radius 1 is 1.57 bits per heavy atom. The maximum atomic E-state index is 11.2. The minimum atomic E-state index is -0.920. The van der Waals surface area contributed by atoms with E-state index in [1.165, 1.54) is 4.90 Å². The summed E-state index contributed by atoms with van der Waals surface area (Å²) >= 11 is 0. The highest BCUT2D eigenvalue weighted by Crippen LogP contribution is 1.90. The molecule has 0 unspecified atom stereocenters. The first-order valence-electron chi connectivity index (χ1n) is 4.22. The van der Waals surface area contributed by atoms with Crippen LogP contribution in [0.4, 0.5) is 0 Å². The Labute approximate surface area is 83.0 Å². The zero-order chi connectivity index (χ0) is 11.0. The lowest BCUT2D eigenvalue weighted by Gasteiger charge is -2.15. The maximum Gasteiger partial charge on any atom is 0.305 e. The van der Waals surface area contributed by atoms with Gasteiger partial charge in [0.2, 0.25) is 5.91 Å². The summed E-state index contributed by atoms with van der Waals surface area (Å²) in [4.78, 5) is 22.7. The number of amides is 1. The van der Waals surface area contributed by atoms with Crippen molar-refractivity contribution in [1.29, 1.82) is 0 Å². The average Bonchev–Trinajstić information content (AvgIpc) is 2.14. The number of rotatable bonds is 7. The van der Waals surface area contributed by atoms with Crippen LogP contribution >= 0.6 is 0 Å². The van der Waals surface area contributed by atoms with E-state index in [0.29, 0.717) is 6.61 Å². The summed E-state index contributed by atoms with van der Waals surface area (Å²) in [6.45, 7) is 3.91. The molecule has 0 aromatic rings. The van der Waals surface area contributed by atoms with Gasteiger partial charge in [0.1, 0.15) is 6.61 Å². The van der Waals surface area contributed by atoms with Crippen LogP contribution < -0.4 is 0 Å². The molecule has 0 aliphatic heterocycles. The van der Waals surface area contributed by atoms with Crippen molar-refractivity contribution in [3.8, 4) is 0 Å². The molecule has 0 atom stereocenters. The summed E-state index contributed by atoms with van der Waals surface area (Å²) in [6.07, 6.45) is 1.49. The van der Waals surface area contributed by atoms with E-state index >= 15 is 0 Å². The first-order valence-corrected chi connectivity index (χ1v) is 4.22. The third-order valence-electron chi connectivity index (χ3n) is 1.55. The van der Waals surface area contributed by atoms with Crippen LogP contribution in [0, 0.1) is 0 Å². The number of ether oxygens (including phenoxy) is 1. The lowest BCUT2D eigenvalue weighted by atomic mass is 10.4. The van der Waals surface area contributed by atoms with E-state index in [-0.39, 0.29) is 25.5 Å². The van der Waals surface area contributed by atoms with Gasteiger partial charge < -0.3 is 14.7 Å². The Balaban J connectivity index is 3.64. The number of likely N-dealkylation sites (N-methyl/N-ethyl adjacent to an activating group) is 1. The molecule has 80 valence electrons. The van der Waals surface area contributed by atoms with Gasteiger partial charge in [-0.1, -0.05) is 6.08 Å². The Morgan fingerprint density at radius 3 is 2.71 bits per heavy atom. The molecule has 1 amide bonds. The molecule has 5 nitrogen and oxygen atoms in total. The minimum absolute atomic E-state index is 0.0395. The number of hydrogen-bond donors (Lipinski definition) is 1. The van der Waals surface area contributed by atoms with Crippen molar-refractivity contribution in [3.05, 3.63) is 12.7 Å². The number of carbonyl (C=O) groups excluding carboxylic acids is 1. The lowest BCUT2D eigenvalue weighted by molar-refractivity contribution is -0.139. The summed E-state index contributed by atoms with van der Waals surface area (Å²) < 4.78 is 4.92. The average molecular weight is 201 g/mol. The number of nitrogens with zero attached hydrogens (tertiary/aromatic N) is 1. The van der Waals surface area contributed by atoms with Gasteiger partial charge in [-0.3, -0.25) is 9.59 Å². The number of hydrogen-bond acceptors (Lipinski definition) is 3. The molecule has 0 saturated heterocycles. The molecule has 0 aromatic heterocycles. The van der Waals surface area contributed by atoms with Crippen molar-refractivity contribution in [2.45, 2.75) is 6.42 Å². The summed E-state index contributed by atoms with van der Waals surface area (Å²) in [6, 6.07) is 0. The standard InChI is InChI=1S/C9H15NO4/c1-3-6-14-7-8(11)10(2)5-4-9(12)13/h3H,1,4-7H2,2H3,(H,12,13). The molecule has 0 aromatic carbocycles. The van der Waals surface area contributed by atoms with E-state index in [0.717, 1.165) is 0 Å². The molecule has 0 saturated carbocycles. The molecule has 14 heavy (non-hydrogen) atoms. The van der Waals surface area contributed by atoms with Crippen molar-refractivity contribution in [1.82, 2.24) is 4.90 Å². The molecule has 0 spiro atoms. The number of carbonyl (C=O) groups is 2. The SMILES string of the molecule is C=CCOCC(=O)N(C)CCC(=O)O. The molecule has 0 aliphatic rings. The Bertz CT molecular complexity index is 215. The number of aliphatic carboxylic acids is 1. The monoisotopic (exact) mass is 201 g/mol. The zero-order valence-electron chi connectivity index (χ0n) is 8.23. The van der Waals surface area contributed by atoms with E-state index in [4.69, 9.17) is 9.84 Å². The van der Waals surface area contributed by atoms with E-state index in [1.54, 1.807) is 13.1 Å². The fraction of sp³-hybridized carbons (Fsp3) is 0.556. The summed E-state index contributed by atoms with van der Waals surface area (Å²) in [5.74, 6) is -1.15. The van der Waals surface area contributed by atoms with Gasteiger partial charge in [-0.2, -0.15) is 0 Å². The molecule has 0 bridgehead atoms. The van der Waals surface area contributed by atoms with Crippen LogP contribution in [-0.2, 0) is 14.3 Å². The summed E-state index contributed by atoms with van der Waals surface area (Å²) in [5, 5.41) is 8.38. The first-order chi connectivity index (χ1) is 6.57. The maximum absolute atomic E-state index is 11.2. The molecule has 0 rings (SSSR count). The van der Waals surface area contributed by atoms with Gasteiger partial charge in [-0.15, -0.1) is 6.58 Å². The van der Waals surface area contributed by atoms with Crippen molar-refractivity contribution >= 4 is 11.9 Å². The fourth-order valence-electron chi connectivity index (χ4n) is 0.728. The van der Waals surface area contributed by atoms with Gasteiger partial charge in [0.25, 0.3) is 0 Å². The van der Waals surface area contributed by atoms with E-state index in [9.17, 15) is 9.59 Å². The van der Waals surface area contributed by atoms with Gasteiger partial charge >= 0.3 is 5.97 Å². The quantitative estimate of drug-likeness (QED) is 0.469. The Morgan fingerprint density at radius 2 is 2.21 bits per heavy atom. The van der Waals surface area contributed by atoms with Crippen molar-refractivity contribution in [2.24, 2.45) is 0 Å². The highest BCUT2D eigenvalue weighted by Gasteiger charge is 2.09. The van der Waals surface area contributed by atoms with Crippen LogP contribution in [0.2, 0.25) is 0 Å². The van der Waals surface area contributed by atoms with E-state index in [2.05, 4.69) is 6.58 Å². The molecule has 0 aliphatic carbocycles. The third-order valence-corrected chi connectivity index (χ3v) is 1.55. The Kier molecular flexibility index (Phi) is 6.39. The van der Waals surface area contributed by atoms with Crippen LogP contribution in [-0.4, -0.2) is 48.7 Å². The largest absolute Gasteiger partial charge is 0.481 e. The topological polar surface area (TPSA) is 66.8 Å². The predicted octanol–water partition coefficient (Wildman–Crippen LogP) is 0.122. The van der Waals surface area contributed by atoms with Gasteiger partial charge in [-0.25, -0.2) is 0 Å². The van der Waals surface area contributed by atoms with Crippen LogP contribution in [0.15, 0.2) is 12.7 Å². The second kappa shape index (κ2) is 7.08. The predicted molar refractivity (Wildman–Crippen MR) is 50.9 cm³/mol. The van der Waals surface area contributed by atoms with E-state index in [1.807, 2.05) is 0 Å². The van der Waals surface area contributed by atoms with Crippen molar-refractivity contribution < 1.29 is 19.4 Å². The van der Waals surface area contributed by atoms with Crippen LogP contribution in [0.1, 0.15) is 6.42 Å². The van der Waals surface area contributed by atoms with E-state index < -0.39 is 5.97 Å². The first kappa shape index (κ1) is 12.6. The zero-order valence-corrected chi connectivity index (χ0v) is 8.23. The molecule has 1 N–H and O–H groups in total. The van der Waals surface area contributed by atoms with Crippen molar-refractivity contribution in [3.63, 3.8) is 0 Å². The molecule has 5 heteroatoms. The van der Waals surface area contributed by atoms with Crippen molar-refractivity contribution in [2.75, 3.05) is 26.8 Å². The van der Waals surface area contributed by atoms with Gasteiger partial charge in [0.15, 0.2) is 0 Å². The summed E-state index contributed by atoms with van der Waals surface area (Å²) in [5.41, 5.74) is 0. The molecule has 0 fully saturated rings. The second-order valence-electron chi connectivity index (χ2n) is 2.76. The minimum Gasteiger partial charge on any atom is -0.481 e. The van der Waals surface area contributed by atoms with Gasteiger partial charge in [-0.05, 0) is 0 Å². The molecule has 0 heterocycles. The normalized spacial score (nSPS) is 9.50. The lowest BCUT2D eigenvalue weighted by Crippen LogP contribution is -2.32. The molecule has 0 radical (unpaired) electrons. The molecular weight excluding hydrogens is 186 g/mol. The van der Waals surface area contributed by atoms with Gasteiger partial charge in [0.05, 0.1) is 13.0 Å². The molecular formula is C9H15NO4. The van der Waals surface area contributed by atoms with Gasteiger partial charge in [0, 0.05) is 13.6 Å². The highest BCUT2D eigenvalue weighted by molar-refractivity contribution is 5.77. The Hall–Kier alpha value is -1.36. The number of carboxylic acids is 1. The van der Waals surface area contributed by atoms with Crippen LogP contribution in [0.5, 0.6) is 0 Å². The fourth-order valence-corrected chi connectivity index (χ4v) is 0.728. The third kappa shape index (κ3) is 6.19. The van der Waals surface area contributed by atoms with Crippen LogP contribution in [0.3, 0.4) is 0 Å².